The van der Waals surface area contributed by atoms with Crippen molar-refractivity contribution in [2.45, 2.75) is 39.2 Å². The Labute approximate surface area is 99.8 Å². The molecule has 0 N–H and O–H groups in total. The molecule has 2 nitrogen and oxygen atoms in total. The summed E-state index contributed by atoms with van der Waals surface area (Å²) in [4.78, 5) is 7.08. The number of hydrogen-bond donors (Lipinski definition) is 0. The number of anilines is 1. The highest BCUT2D eigenvalue weighted by molar-refractivity contribution is 9.10. The van der Waals surface area contributed by atoms with Crippen molar-refractivity contribution in [3.63, 3.8) is 0 Å². The van der Waals surface area contributed by atoms with Gasteiger partial charge in [0.2, 0.25) is 0 Å². The second-order valence-electron chi connectivity index (χ2n) is 4.16. The molecule has 0 atom stereocenters. The van der Waals surface area contributed by atoms with E-state index in [4.69, 9.17) is 0 Å². The first kappa shape index (κ1) is 10.9. The summed E-state index contributed by atoms with van der Waals surface area (Å²) in [5.74, 6) is 1.14. The molecule has 1 heterocycles. The fourth-order valence-corrected chi connectivity index (χ4v) is 2.02. The van der Waals surface area contributed by atoms with Crippen LogP contribution in [-0.2, 0) is 0 Å². The van der Waals surface area contributed by atoms with Gasteiger partial charge >= 0.3 is 0 Å². The predicted octanol–water partition coefficient (Wildman–Crippen LogP) is 3.53. The number of aromatic nitrogens is 1. The fraction of sp³-hybridized carbons (Fsp3) is 0.583. The van der Waals surface area contributed by atoms with Crippen LogP contribution in [0.4, 0.5) is 5.82 Å². The normalized spacial score (nSPS) is 15.4. The van der Waals surface area contributed by atoms with E-state index in [0.29, 0.717) is 0 Å². The second-order valence-corrected chi connectivity index (χ2v) is 5.02. The van der Waals surface area contributed by atoms with Crippen molar-refractivity contribution in [1.82, 2.24) is 4.98 Å². The zero-order chi connectivity index (χ0) is 10.8. The van der Waals surface area contributed by atoms with E-state index in [1.54, 1.807) is 0 Å². The summed E-state index contributed by atoms with van der Waals surface area (Å²) in [7, 11) is 0. The second kappa shape index (κ2) is 4.52. The molecular weight excluding hydrogens is 252 g/mol. The summed E-state index contributed by atoms with van der Waals surface area (Å²) >= 11 is 3.49. The van der Waals surface area contributed by atoms with Gasteiger partial charge in [-0.1, -0.05) is 6.92 Å². The Kier molecular flexibility index (Phi) is 3.29. The monoisotopic (exact) mass is 268 g/mol. The first-order chi connectivity index (χ1) is 7.22. The van der Waals surface area contributed by atoms with Gasteiger partial charge in [0, 0.05) is 17.1 Å². The topological polar surface area (TPSA) is 16.1 Å². The van der Waals surface area contributed by atoms with E-state index in [2.05, 4.69) is 44.9 Å². The smallest absolute Gasteiger partial charge is 0.129 e. The van der Waals surface area contributed by atoms with Crippen molar-refractivity contribution >= 4 is 21.7 Å². The van der Waals surface area contributed by atoms with E-state index in [0.717, 1.165) is 28.6 Å². The Morgan fingerprint density at radius 3 is 2.73 bits per heavy atom. The minimum absolute atomic E-state index is 0.748. The quantitative estimate of drug-likeness (QED) is 0.831. The first-order valence-corrected chi connectivity index (χ1v) is 6.41. The lowest BCUT2D eigenvalue weighted by Crippen LogP contribution is -2.27. The van der Waals surface area contributed by atoms with E-state index < -0.39 is 0 Å². The third-order valence-electron chi connectivity index (χ3n) is 2.75. The van der Waals surface area contributed by atoms with Gasteiger partial charge in [0.15, 0.2) is 0 Å². The summed E-state index contributed by atoms with van der Waals surface area (Å²) in [6.45, 7) is 5.39. The molecule has 0 bridgehead atoms. The average Bonchev–Trinajstić information content (AvgIpc) is 3.02. The van der Waals surface area contributed by atoms with Crippen LogP contribution < -0.4 is 4.90 Å². The van der Waals surface area contributed by atoms with Gasteiger partial charge in [-0.15, -0.1) is 0 Å². The van der Waals surface area contributed by atoms with Gasteiger partial charge in [0.05, 0.1) is 5.69 Å². The van der Waals surface area contributed by atoms with Gasteiger partial charge in [0.1, 0.15) is 5.82 Å². The Morgan fingerprint density at radius 2 is 2.20 bits per heavy atom. The largest absolute Gasteiger partial charge is 0.354 e. The maximum Gasteiger partial charge on any atom is 0.129 e. The molecule has 1 aromatic heterocycles. The minimum atomic E-state index is 0.748. The molecule has 0 spiro atoms. The number of aryl methyl sites for hydroxylation is 1. The van der Waals surface area contributed by atoms with Crippen LogP contribution in [0.25, 0.3) is 0 Å². The summed E-state index contributed by atoms with van der Waals surface area (Å²) in [6, 6.07) is 4.96. The number of halogens is 1. The van der Waals surface area contributed by atoms with Crippen LogP contribution in [0.3, 0.4) is 0 Å². The van der Waals surface area contributed by atoms with Gasteiger partial charge in [-0.2, -0.15) is 0 Å². The van der Waals surface area contributed by atoms with Gasteiger partial charge in [-0.25, -0.2) is 4.98 Å². The summed E-state index contributed by atoms with van der Waals surface area (Å²) in [5, 5.41) is 0. The van der Waals surface area contributed by atoms with Crippen LogP contribution >= 0.6 is 15.9 Å². The molecule has 1 fully saturated rings. The van der Waals surface area contributed by atoms with Gasteiger partial charge in [-0.3, -0.25) is 0 Å². The molecule has 1 aromatic rings. The molecule has 0 saturated heterocycles. The molecule has 15 heavy (non-hydrogen) atoms. The molecule has 0 amide bonds. The van der Waals surface area contributed by atoms with E-state index in [9.17, 15) is 0 Å². The number of nitrogens with zero attached hydrogens (tertiary/aromatic N) is 2. The Morgan fingerprint density at radius 1 is 1.47 bits per heavy atom. The van der Waals surface area contributed by atoms with Crippen molar-refractivity contribution in [3.8, 4) is 0 Å². The van der Waals surface area contributed by atoms with Crippen molar-refractivity contribution in [1.29, 1.82) is 0 Å². The molecule has 2 rings (SSSR count). The molecule has 0 aromatic carbocycles. The maximum absolute atomic E-state index is 4.63. The summed E-state index contributed by atoms with van der Waals surface area (Å²) < 4.78 is 1.10. The van der Waals surface area contributed by atoms with E-state index >= 15 is 0 Å². The molecule has 0 unspecified atom stereocenters. The third-order valence-corrected chi connectivity index (χ3v) is 3.59. The highest BCUT2D eigenvalue weighted by Gasteiger charge is 2.29. The molecule has 82 valence electrons. The van der Waals surface area contributed by atoms with Crippen molar-refractivity contribution < 1.29 is 0 Å². The van der Waals surface area contributed by atoms with Crippen LogP contribution in [0.5, 0.6) is 0 Å². The van der Waals surface area contributed by atoms with Gasteiger partial charge in [0.25, 0.3) is 0 Å². The molecule has 1 aliphatic carbocycles. The molecule has 3 heteroatoms. The van der Waals surface area contributed by atoms with E-state index in [1.165, 1.54) is 19.3 Å². The van der Waals surface area contributed by atoms with Crippen LogP contribution in [-0.4, -0.2) is 17.6 Å². The Bertz CT molecular complexity index is 347. The number of rotatable bonds is 4. The van der Waals surface area contributed by atoms with Gasteiger partial charge < -0.3 is 4.90 Å². The molecule has 1 saturated carbocycles. The highest BCUT2D eigenvalue weighted by atomic mass is 79.9. The fourth-order valence-electron chi connectivity index (χ4n) is 1.80. The minimum Gasteiger partial charge on any atom is -0.354 e. The molecule has 1 aliphatic rings. The summed E-state index contributed by atoms with van der Waals surface area (Å²) in [5.41, 5.74) is 1.08. The Hall–Kier alpha value is -0.570. The van der Waals surface area contributed by atoms with Gasteiger partial charge in [-0.05, 0) is 54.2 Å². The standard InChI is InChI=1S/C12H17BrN2/c1-3-8-15(10-4-5-10)12-7-6-11(13)9(2)14-12/h6-7,10H,3-5,8H2,1-2H3. The predicted molar refractivity (Wildman–Crippen MR) is 67.3 cm³/mol. The first-order valence-electron chi connectivity index (χ1n) is 5.62. The van der Waals surface area contributed by atoms with Crippen LogP contribution in [0.2, 0.25) is 0 Å². The lowest BCUT2D eigenvalue weighted by molar-refractivity contribution is 0.748. The number of hydrogen-bond acceptors (Lipinski definition) is 2. The molecule has 0 aliphatic heterocycles. The summed E-state index contributed by atoms with van der Waals surface area (Å²) in [6.07, 6.45) is 3.85. The number of pyridine rings is 1. The van der Waals surface area contributed by atoms with E-state index in [-0.39, 0.29) is 0 Å². The Balaban J connectivity index is 2.21. The van der Waals surface area contributed by atoms with Crippen molar-refractivity contribution in [3.05, 3.63) is 22.3 Å². The highest BCUT2D eigenvalue weighted by Crippen LogP contribution is 2.31. The SMILES string of the molecule is CCCN(c1ccc(Br)c(C)n1)C1CC1. The van der Waals surface area contributed by atoms with E-state index in [1.807, 2.05) is 6.92 Å². The van der Waals surface area contributed by atoms with Crippen LogP contribution in [0.15, 0.2) is 16.6 Å². The van der Waals surface area contributed by atoms with Crippen molar-refractivity contribution in [2.75, 3.05) is 11.4 Å². The van der Waals surface area contributed by atoms with Crippen LogP contribution in [0, 0.1) is 6.92 Å². The molecular formula is C12H17BrN2. The lowest BCUT2D eigenvalue weighted by atomic mass is 10.3. The third kappa shape index (κ3) is 2.51. The van der Waals surface area contributed by atoms with Crippen molar-refractivity contribution in [2.24, 2.45) is 0 Å². The zero-order valence-electron chi connectivity index (χ0n) is 9.33. The maximum atomic E-state index is 4.63. The average molecular weight is 269 g/mol. The van der Waals surface area contributed by atoms with Crippen LogP contribution in [0.1, 0.15) is 31.9 Å². The zero-order valence-corrected chi connectivity index (χ0v) is 10.9. The lowest BCUT2D eigenvalue weighted by Gasteiger charge is -2.23. The molecule has 0 radical (unpaired) electrons.